The first-order chi connectivity index (χ1) is 10.2. The molecular weight excluding hydrogens is 262 g/mol. The van der Waals surface area contributed by atoms with E-state index in [2.05, 4.69) is 51.6 Å². The molecule has 1 N–H and O–H groups in total. The average molecular weight is 279 g/mol. The molecule has 0 radical (unpaired) electrons. The summed E-state index contributed by atoms with van der Waals surface area (Å²) in [4.78, 5) is 9.05. The Labute approximate surface area is 123 Å². The van der Waals surface area contributed by atoms with Gasteiger partial charge in [0.1, 0.15) is 11.6 Å². The van der Waals surface area contributed by atoms with Crippen LogP contribution in [0.5, 0.6) is 0 Å². The zero-order chi connectivity index (χ0) is 14.4. The number of aromatic nitrogens is 4. The van der Waals surface area contributed by atoms with Gasteiger partial charge in [-0.25, -0.2) is 4.98 Å². The number of aryl methyl sites for hydroxylation is 3. The van der Waals surface area contributed by atoms with Crippen LogP contribution < -0.4 is 5.32 Å². The van der Waals surface area contributed by atoms with Gasteiger partial charge in [0, 0.05) is 11.3 Å². The highest BCUT2D eigenvalue weighted by atomic mass is 15.4. The molecule has 0 amide bonds. The van der Waals surface area contributed by atoms with Gasteiger partial charge < -0.3 is 5.32 Å². The van der Waals surface area contributed by atoms with Gasteiger partial charge in [0.05, 0.1) is 5.69 Å². The SMILES string of the molecule is Cc1ccc(Nc2c3c(nc4nc(C)nn24)CCC3)cc1. The van der Waals surface area contributed by atoms with E-state index in [0.29, 0.717) is 5.78 Å². The Hall–Kier alpha value is -2.43. The van der Waals surface area contributed by atoms with Crippen LogP contribution in [-0.2, 0) is 12.8 Å². The number of fused-ring (bicyclic) bond motifs is 2. The molecule has 2 heterocycles. The molecule has 3 aromatic rings. The van der Waals surface area contributed by atoms with Crippen molar-refractivity contribution in [1.82, 2.24) is 19.6 Å². The maximum absolute atomic E-state index is 4.64. The minimum absolute atomic E-state index is 0.683. The molecule has 5 heteroatoms. The molecule has 106 valence electrons. The van der Waals surface area contributed by atoms with Gasteiger partial charge in [0.15, 0.2) is 0 Å². The lowest BCUT2D eigenvalue weighted by Gasteiger charge is -2.12. The summed E-state index contributed by atoms with van der Waals surface area (Å²) in [7, 11) is 0. The van der Waals surface area contributed by atoms with Crippen molar-refractivity contribution in [2.24, 2.45) is 0 Å². The Morgan fingerprint density at radius 1 is 1.05 bits per heavy atom. The molecule has 5 nitrogen and oxygen atoms in total. The fourth-order valence-electron chi connectivity index (χ4n) is 2.88. The van der Waals surface area contributed by atoms with E-state index < -0.39 is 0 Å². The van der Waals surface area contributed by atoms with Crippen molar-refractivity contribution in [2.75, 3.05) is 5.32 Å². The summed E-state index contributed by atoms with van der Waals surface area (Å²) in [5.74, 6) is 2.44. The lowest BCUT2D eigenvalue weighted by molar-refractivity contribution is 0.899. The van der Waals surface area contributed by atoms with E-state index in [9.17, 15) is 0 Å². The molecule has 0 bridgehead atoms. The molecule has 0 aliphatic heterocycles. The zero-order valence-electron chi connectivity index (χ0n) is 12.2. The van der Waals surface area contributed by atoms with Crippen molar-refractivity contribution in [3.63, 3.8) is 0 Å². The van der Waals surface area contributed by atoms with Gasteiger partial charge in [-0.2, -0.15) is 9.50 Å². The summed E-state index contributed by atoms with van der Waals surface area (Å²) in [6.07, 6.45) is 3.22. The highest BCUT2D eigenvalue weighted by Crippen LogP contribution is 2.30. The van der Waals surface area contributed by atoms with E-state index in [1.165, 1.54) is 11.1 Å². The second-order valence-electron chi connectivity index (χ2n) is 5.60. The van der Waals surface area contributed by atoms with E-state index >= 15 is 0 Å². The van der Waals surface area contributed by atoms with Crippen LogP contribution in [0.1, 0.15) is 29.1 Å². The molecule has 0 saturated carbocycles. The zero-order valence-corrected chi connectivity index (χ0v) is 12.2. The van der Waals surface area contributed by atoms with Crippen molar-refractivity contribution >= 4 is 17.3 Å². The Bertz CT molecular complexity index is 817. The molecule has 0 atom stereocenters. The summed E-state index contributed by atoms with van der Waals surface area (Å²) in [5, 5.41) is 7.99. The molecular formula is C16H17N5. The minimum Gasteiger partial charge on any atom is -0.340 e. The highest BCUT2D eigenvalue weighted by Gasteiger charge is 2.21. The van der Waals surface area contributed by atoms with Gasteiger partial charge in [-0.05, 0) is 45.2 Å². The predicted octanol–water partition coefficient (Wildman–Crippen LogP) is 2.97. The number of benzene rings is 1. The van der Waals surface area contributed by atoms with Gasteiger partial charge in [-0.3, -0.25) is 0 Å². The molecule has 0 fully saturated rings. The fraction of sp³-hybridized carbons (Fsp3) is 0.312. The first kappa shape index (κ1) is 12.3. The number of hydrogen-bond donors (Lipinski definition) is 1. The summed E-state index contributed by atoms with van der Waals surface area (Å²) in [5.41, 5.74) is 4.75. The van der Waals surface area contributed by atoms with Crippen LogP contribution in [0.25, 0.3) is 5.78 Å². The smallest absolute Gasteiger partial charge is 0.254 e. The highest BCUT2D eigenvalue weighted by molar-refractivity contribution is 5.64. The summed E-state index contributed by atoms with van der Waals surface area (Å²) >= 11 is 0. The quantitative estimate of drug-likeness (QED) is 0.783. The molecule has 2 aromatic heterocycles. The third kappa shape index (κ3) is 2.05. The largest absolute Gasteiger partial charge is 0.340 e. The molecule has 4 rings (SSSR count). The summed E-state index contributed by atoms with van der Waals surface area (Å²) in [6, 6.07) is 8.39. The summed E-state index contributed by atoms with van der Waals surface area (Å²) in [6.45, 7) is 3.99. The second kappa shape index (κ2) is 4.55. The number of nitrogens with zero attached hydrogens (tertiary/aromatic N) is 4. The predicted molar refractivity (Wildman–Crippen MR) is 82.0 cm³/mol. The van der Waals surface area contributed by atoms with Gasteiger partial charge in [-0.15, -0.1) is 5.10 Å². The normalized spacial score (nSPS) is 13.6. The lowest BCUT2D eigenvalue weighted by atomic mass is 10.2. The van der Waals surface area contributed by atoms with E-state index in [-0.39, 0.29) is 0 Å². The molecule has 1 aromatic carbocycles. The van der Waals surface area contributed by atoms with Crippen LogP contribution in [0.3, 0.4) is 0 Å². The molecule has 0 unspecified atom stereocenters. The maximum atomic E-state index is 4.64. The Morgan fingerprint density at radius 3 is 2.67 bits per heavy atom. The van der Waals surface area contributed by atoms with Gasteiger partial charge in [0.2, 0.25) is 0 Å². The van der Waals surface area contributed by atoms with Crippen LogP contribution >= 0.6 is 0 Å². The average Bonchev–Trinajstić information content (AvgIpc) is 3.06. The standard InChI is InChI=1S/C16H17N5/c1-10-6-8-12(9-7-10)18-15-13-4-3-5-14(13)19-16-17-11(2)20-21(15)16/h6-9,18H,3-5H2,1-2H3. The summed E-state index contributed by atoms with van der Waals surface area (Å²) < 4.78 is 1.83. The van der Waals surface area contributed by atoms with E-state index in [1.54, 1.807) is 0 Å². The van der Waals surface area contributed by atoms with E-state index in [1.807, 2.05) is 11.4 Å². The first-order valence-corrected chi connectivity index (χ1v) is 7.29. The van der Waals surface area contributed by atoms with Crippen molar-refractivity contribution < 1.29 is 0 Å². The molecule has 1 aliphatic carbocycles. The number of anilines is 2. The van der Waals surface area contributed by atoms with Crippen molar-refractivity contribution in [2.45, 2.75) is 33.1 Å². The fourth-order valence-corrected chi connectivity index (χ4v) is 2.88. The minimum atomic E-state index is 0.683. The van der Waals surface area contributed by atoms with Crippen molar-refractivity contribution in [3.05, 3.63) is 46.9 Å². The second-order valence-corrected chi connectivity index (χ2v) is 5.60. The topological polar surface area (TPSA) is 55.1 Å². The molecule has 21 heavy (non-hydrogen) atoms. The third-order valence-electron chi connectivity index (χ3n) is 3.93. The van der Waals surface area contributed by atoms with Crippen LogP contribution in [0.4, 0.5) is 11.5 Å². The van der Waals surface area contributed by atoms with Gasteiger partial charge >= 0.3 is 0 Å². The van der Waals surface area contributed by atoms with Crippen molar-refractivity contribution in [3.8, 4) is 0 Å². The van der Waals surface area contributed by atoms with Crippen LogP contribution in [-0.4, -0.2) is 19.6 Å². The van der Waals surface area contributed by atoms with E-state index in [0.717, 1.165) is 42.3 Å². The van der Waals surface area contributed by atoms with Crippen LogP contribution in [0.2, 0.25) is 0 Å². The third-order valence-corrected chi connectivity index (χ3v) is 3.93. The Morgan fingerprint density at radius 2 is 1.86 bits per heavy atom. The first-order valence-electron chi connectivity index (χ1n) is 7.29. The van der Waals surface area contributed by atoms with Crippen molar-refractivity contribution in [1.29, 1.82) is 0 Å². The number of hydrogen-bond acceptors (Lipinski definition) is 4. The maximum Gasteiger partial charge on any atom is 0.254 e. The van der Waals surface area contributed by atoms with Gasteiger partial charge in [-0.1, -0.05) is 17.7 Å². The van der Waals surface area contributed by atoms with Crippen LogP contribution in [0.15, 0.2) is 24.3 Å². The molecule has 1 aliphatic rings. The Balaban J connectivity index is 1.88. The molecule has 0 saturated heterocycles. The number of nitrogens with one attached hydrogen (secondary N) is 1. The number of rotatable bonds is 2. The Kier molecular flexibility index (Phi) is 2.67. The van der Waals surface area contributed by atoms with Crippen LogP contribution in [0, 0.1) is 13.8 Å². The molecule has 0 spiro atoms. The van der Waals surface area contributed by atoms with E-state index in [4.69, 9.17) is 0 Å². The lowest BCUT2D eigenvalue weighted by Crippen LogP contribution is -2.07. The monoisotopic (exact) mass is 279 g/mol. The van der Waals surface area contributed by atoms with Gasteiger partial charge in [0.25, 0.3) is 5.78 Å².